The van der Waals surface area contributed by atoms with Crippen LogP contribution in [0.2, 0.25) is 0 Å². The Morgan fingerprint density at radius 2 is 1.97 bits per heavy atom. The Kier molecular flexibility index (Phi) is 6.28. The van der Waals surface area contributed by atoms with Gasteiger partial charge in [0.2, 0.25) is 0 Å². The van der Waals surface area contributed by atoms with Crippen LogP contribution in [0, 0.1) is 0 Å². The molecule has 0 aliphatic rings. The second-order valence-corrected chi connectivity index (χ2v) is 7.75. The maximum Gasteiger partial charge on any atom is 0.271 e. The minimum Gasteiger partial charge on any atom is -0.496 e. The second-order valence-electron chi connectivity index (χ2n) is 6.81. The number of carbonyl (C=O) groups excluding carboxylic acids is 1. The van der Waals surface area contributed by atoms with Gasteiger partial charge in [-0.05, 0) is 34.5 Å². The van der Waals surface area contributed by atoms with E-state index in [1.54, 1.807) is 43.5 Å². The molecule has 0 aliphatic heterocycles. The van der Waals surface area contributed by atoms with Gasteiger partial charge >= 0.3 is 0 Å². The number of carbonyl (C=O) groups is 1. The van der Waals surface area contributed by atoms with Gasteiger partial charge in [-0.1, -0.05) is 54.2 Å². The quantitative estimate of drug-likeness (QED) is 0.271. The molecular weight excluding hydrogens is 410 g/mol. The maximum absolute atomic E-state index is 12.5. The fraction of sp³-hybridized carbons (Fsp3) is 0.130. The van der Waals surface area contributed by atoms with Gasteiger partial charge in [0.05, 0.1) is 13.3 Å². The molecule has 0 radical (unpaired) electrons. The molecule has 0 unspecified atom stereocenters. The third-order valence-electron chi connectivity index (χ3n) is 4.76. The van der Waals surface area contributed by atoms with Crippen LogP contribution in [-0.4, -0.2) is 34.0 Å². The SMILES string of the molecule is COc1ccc2ccccc2c1/C=N/NC(=O)c1ccc(CSc2nncn2C)cc1. The summed E-state index contributed by atoms with van der Waals surface area (Å²) in [6.07, 6.45) is 3.29. The van der Waals surface area contributed by atoms with Crippen molar-refractivity contribution in [3.05, 3.63) is 83.7 Å². The lowest BCUT2D eigenvalue weighted by molar-refractivity contribution is 0.0955. The third-order valence-corrected chi connectivity index (χ3v) is 5.87. The summed E-state index contributed by atoms with van der Waals surface area (Å²) in [7, 11) is 3.52. The average Bonchev–Trinajstić information content (AvgIpc) is 3.22. The highest BCUT2D eigenvalue weighted by atomic mass is 32.2. The van der Waals surface area contributed by atoms with Crippen LogP contribution in [0.1, 0.15) is 21.5 Å². The minimum absolute atomic E-state index is 0.275. The van der Waals surface area contributed by atoms with Crippen LogP contribution in [0.15, 0.2) is 77.2 Å². The van der Waals surface area contributed by atoms with Gasteiger partial charge in [-0.25, -0.2) is 5.43 Å². The number of thioether (sulfide) groups is 1. The van der Waals surface area contributed by atoms with Crippen LogP contribution in [0.25, 0.3) is 10.8 Å². The molecule has 0 saturated heterocycles. The van der Waals surface area contributed by atoms with Gasteiger partial charge in [-0.3, -0.25) is 4.79 Å². The smallest absolute Gasteiger partial charge is 0.271 e. The van der Waals surface area contributed by atoms with Crippen molar-refractivity contribution in [2.75, 3.05) is 7.11 Å². The molecular formula is C23H21N5O2S. The van der Waals surface area contributed by atoms with Gasteiger partial charge in [-0.2, -0.15) is 5.10 Å². The summed E-state index contributed by atoms with van der Waals surface area (Å²) in [5, 5.41) is 15.0. The zero-order valence-corrected chi connectivity index (χ0v) is 18.0. The summed E-state index contributed by atoms with van der Waals surface area (Å²) >= 11 is 1.59. The fourth-order valence-electron chi connectivity index (χ4n) is 3.11. The summed E-state index contributed by atoms with van der Waals surface area (Å²) in [6.45, 7) is 0. The van der Waals surface area contributed by atoms with Gasteiger partial charge in [0.15, 0.2) is 5.16 Å². The van der Waals surface area contributed by atoms with Crippen molar-refractivity contribution in [3.8, 4) is 5.75 Å². The lowest BCUT2D eigenvalue weighted by Crippen LogP contribution is -2.17. The number of hydrogen-bond acceptors (Lipinski definition) is 6. The number of hydrazone groups is 1. The number of fused-ring (bicyclic) bond motifs is 1. The van der Waals surface area contributed by atoms with E-state index in [1.807, 2.05) is 60.1 Å². The zero-order valence-electron chi connectivity index (χ0n) is 17.1. The van der Waals surface area contributed by atoms with E-state index in [0.29, 0.717) is 11.3 Å². The zero-order chi connectivity index (χ0) is 21.6. The van der Waals surface area contributed by atoms with E-state index >= 15 is 0 Å². The van der Waals surface area contributed by atoms with Crippen molar-refractivity contribution in [2.45, 2.75) is 10.9 Å². The largest absolute Gasteiger partial charge is 0.496 e. The van der Waals surface area contributed by atoms with E-state index in [-0.39, 0.29) is 5.91 Å². The highest BCUT2D eigenvalue weighted by molar-refractivity contribution is 7.98. The molecule has 8 heteroatoms. The molecule has 0 bridgehead atoms. The highest BCUT2D eigenvalue weighted by Gasteiger charge is 2.08. The first-order valence-corrected chi connectivity index (χ1v) is 10.6. The monoisotopic (exact) mass is 431 g/mol. The van der Waals surface area contributed by atoms with Crippen molar-refractivity contribution >= 4 is 34.7 Å². The van der Waals surface area contributed by atoms with E-state index in [9.17, 15) is 4.79 Å². The first kappa shape index (κ1) is 20.6. The number of nitrogens with one attached hydrogen (secondary N) is 1. The molecule has 1 amide bonds. The number of aryl methyl sites for hydroxylation is 1. The van der Waals surface area contributed by atoms with Gasteiger partial charge in [0, 0.05) is 23.9 Å². The Labute approximate surface area is 184 Å². The molecule has 0 aliphatic carbocycles. The first-order chi connectivity index (χ1) is 15.2. The van der Waals surface area contributed by atoms with Crippen LogP contribution >= 0.6 is 11.8 Å². The number of nitrogens with zero attached hydrogens (tertiary/aromatic N) is 4. The van der Waals surface area contributed by atoms with Gasteiger partial charge in [-0.15, -0.1) is 10.2 Å². The van der Waals surface area contributed by atoms with Crippen molar-refractivity contribution in [1.29, 1.82) is 0 Å². The standard InChI is InChI=1S/C23H21N5O2S/c1-28-15-25-27-23(28)31-14-16-7-9-18(10-8-16)22(29)26-24-13-20-19-6-4-3-5-17(19)11-12-21(20)30-2/h3-13,15H,14H2,1-2H3,(H,26,29)/b24-13+. The van der Waals surface area contributed by atoms with Crippen molar-refractivity contribution in [1.82, 2.24) is 20.2 Å². The van der Waals surface area contributed by atoms with Gasteiger partial charge < -0.3 is 9.30 Å². The molecule has 4 rings (SSSR count). The molecule has 4 aromatic rings. The van der Waals surface area contributed by atoms with Crippen molar-refractivity contribution in [2.24, 2.45) is 12.1 Å². The van der Waals surface area contributed by atoms with E-state index < -0.39 is 0 Å². The molecule has 1 heterocycles. The molecule has 0 atom stereocenters. The molecule has 156 valence electrons. The fourth-order valence-corrected chi connectivity index (χ4v) is 3.95. The van der Waals surface area contributed by atoms with Crippen molar-refractivity contribution in [3.63, 3.8) is 0 Å². The minimum atomic E-state index is -0.275. The van der Waals surface area contributed by atoms with E-state index in [1.165, 1.54) is 0 Å². The molecule has 1 N–H and O–H groups in total. The number of methoxy groups -OCH3 is 1. The molecule has 1 aromatic heterocycles. The molecule has 3 aromatic carbocycles. The molecule has 0 spiro atoms. The predicted molar refractivity (Wildman–Crippen MR) is 123 cm³/mol. The highest BCUT2D eigenvalue weighted by Crippen LogP contribution is 2.26. The summed E-state index contributed by atoms with van der Waals surface area (Å²) < 4.78 is 7.32. The van der Waals surface area contributed by atoms with Crippen LogP contribution in [-0.2, 0) is 12.8 Å². The molecule has 0 fully saturated rings. The van der Waals surface area contributed by atoms with E-state index in [2.05, 4.69) is 20.7 Å². The third kappa shape index (κ3) is 4.75. The number of amides is 1. The van der Waals surface area contributed by atoms with Crippen LogP contribution in [0.5, 0.6) is 5.75 Å². The Bertz CT molecular complexity index is 1230. The average molecular weight is 432 g/mol. The number of hydrogen-bond donors (Lipinski definition) is 1. The summed E-state index contributed by atoms with van der Waals surface area (Å²) in [5.41, 5.74) is 5.04. The Hall–Kier alpha value is -3.65. The lowest BCUT2D eigenvalue weighted by Gasteiger charge is -2.08. The van der Waals surface area contributed by atoms with E-state index in [0.717, 1.165) is 32.8 Å². The summed E-state index contributed by atoms with van der Waals surface area (Å²) in [4.78, 5) is 12.5. The predicted octanol–water partition coefficient (Wildman–Crippen LogP) is 4.03. The van der Waals surface area contributed by atoms with Crippen LogP contribution < -0.4 is 10.2 Å². The number of rotatable bonds is 7. The summed E-state index contributed by atoms with van der Waals surface area (Å²) in [6, 6.07) is 19.3. The molecule has 7 nitrogen and oxygen atoms in total. The Morgan fingerprint density at radius 3 is 2.71 bits per heavy atom. The number of aromatic nitrogens is 3. The Balaban J connectivity index is 1.41. The Morgan fingerprint density at radius 1 is 1.16 bits per heavy atom. The van der Waals surface area contributed by atoms with Crippen LogP contribution in [0.3, 0.4) is 0 Å². The summed E-state index contributed by atoms with van der Waals surface area (Å²) in [5.74, 6) is 1.16. The van der Waals surface area contributed by atoms with Crippen LogP contribution in [0.4, 0.5) is 0 Å². The first-order valence-electron chi connectivity index (χ1n) is 9.60. The topological polar surface area (TPSA) is 81.4 Å². The second kappa shape index (κ2) is 9.44. The van der Waals surface area contributed by atoms with E-state index in [4.69, 9.17) is 4.74 Å². The molecule has 0 saturated carbocycles. The molecule has 31 heavy (non-hydrogen) atoms. The van der Waals surface area contributed by atoms with Gasteiger partial charge in [0.25, 0.3) is 5.91 Å². The van der Waals surface area contributed by atoms with Gasteiger partial charge in [0.1, 0.15) is 12.1 Å². The number of ether oxygens (including phenoxy) is 1. The lowest BCUT2D eigenvalue weighted by atomic mass is 10.0. The maximum atomic E-state index is 12.5. The normalized spacial score (nSPS) is 11.2. The number of benzene rings is 3. The van der Waals surface area contributed by atoms with Crippen molar-refractivity contribution < 1.29 is 9.53 Å².